The van der Waals surface area contributed by atoms with Crippen molar-refractivity contribution in [2.45, 2.75) is 46.2 Å². The summed E-state index contributed by atoms with van der Waals surface area (Å²) in [6.45, 7) is 9.05. The van der Waals surface area contributed by atoms with Crippen LogP contribution in [-0.4, -0.2) is 35.9 Å². The maximum absolute atomic E-state index is 5.85. The van der Waals surface area contributed by atoms with Gasteiger partial charge in [-0.05, 0) is 63.8 Å². The molecule has 0 aliphatic carbocycles. The van der Waals surface area contributed by atoms with Gasteiger partial charge in [0.05, 0.1) is 13.2 Å². The molecule has 1 aliphatic rings. The first-order valence-corrected chi connectivity index (χ1v) is 8.12. The molecule has 1 aromatic rings. The standard InChI is InChI=1S/C17H27N5O2.BrH/c1-12-7-8-14(11-13(12)2)23-9-5-6-10-24-22-16(19)20-15(18)21-17(22,3)4;/h7-8,11H,5-6,9-10H2,1-4H3,(H4,18,19,20,21);1H. The van der Waals surface area contributed by atoms with Gasteiger partial charge in [-0.1, -0.05) is 6.07 Å². The molecule has 0 amide bonds. The van der Waals surface area contributed by atoms with E-state index in [2.05, 4.69) is 36.0 Å². The van der Waals surface area contributed by atoms with Gasteiger partial charge in [-0.3, -0.25) is 4.84 Å². The van der Waals surface area contributed by atoms with Crippen molar-refractivity contribution in [2.75, 3.05) is 13.2 Å². The molecule has 8 heteroatoms. The molecule has 1 aliphatic heterocycles. The minimum Gasteiger partial charge on any atom is -0.494 e. The molecule has 0 atom stereocenters. The molecule has 140 valence electrons. The lowest BCUT2D eigenvalue weighted by Gasteiger charge is -2.36. The van der Waals surface area contributed by atoms with E-state index < -0.39 is 5.66 Å². The van der Waals surface area contributed by atoms with Crippen LogP contribution in [0.15, 0.2) is 28.2 Å². The van der Waals surface area contributed by atoms with E-state index in [1.165, 1.54) is 16.2 Å². The van der Waals surface area contributed by atoms with E-state index in [0.29, 0.717) is 13.2 Å². The average molecular weight is 414 g/mol. The molecule has 4 N–H and O–H groups in total. The van der Waals surface area contributed by atoms with Crippen LogP contribution in [0.1, 0.15) is 37.8 Å². The second kappa shape index (κ2) is 9.05. The van der Waals surface area contributed by atoms with Crippen LogP contribution >= 0.6 is 17.0 Å². The van der Waals surface area contributed by atoms with Crippen molar-refractivity contribution in [1.29, 1.82) is 0 Å². The first-order valence-electron chi connectivity index (χ1n) is 8.12. The van der Waals surface area contributed by atoms with Gasteiger partial charge in [0.15, 0.2) is 5.66 Å². The highest BCUT2D eigenvalue weighted by atomic mass is 79.9. The molecular formula is C17H28BrN5O2. The van der Waals surface area contributed by atoms with Crippen molar-refractivity contribution in [3.63, 3.8) is 0 Å². The van der Waals surface area contributed by atoms with Gasteiger partial charge >= 0.3 is 0 Å². The van der Waals surface area contributed by atoms with Crippen molar-refractivity contribution < 1.29 is 9.57 Å². The molecule has 0 spiro atoms. The fraction of sp³-hybridized carbons (Fsp3) is 0.529. The van der Waals surface area contributed by atoms with Crippen molar-refractivity contribution in [3.8, 4) is 5.75 Å². The Morgan fingerprint density at radius 1 is 1.08 bits per heavy atom. The van der Waals surface area contributed by atoms with E-state index in [-0.39, 0.29) is 28.9 Å². The van der Waals surface area contributed by atoms with Gasteiger partial charge in [-0.25, -0.2) is 4.99 Å². The molecule has 2 rings (SSSR count). The summed E-state index contributed by atoms with van der Waals surface area (Å²) in [5.74, 6) is 1.29. The van der Waals surface area contributed by atoms with E-state index in [0.717, 1.165) is 18.6 Å². The molecule has 1 heterocycles. The molecule has 0 saturated carbocycles. The van der Waals surface area contributed by atoms with Gasteiger partial charge in [0, 0.05) is 0 Å². The Bertz CT molecular complexity index is 646. The summed E-state index contributed by atoms with van der Waals surface area (Å²) in [6.07, 6.45) is 1.72. The Balaban J connectivity index is 0.00000312. The summed E-state index contributed by atoms with van der Waals surface area (Å²) in [4.78, 5) is 13.9. The summed E-state index contributed by atoms with van der Waals surface area (Å²) in [5, 5.41) is 1.49. The number of halogens is 1. The number of hydrogen-bond acceptors (Lipinski definition) is 7. The molecule has 0 fully saturated rings. The summed E-state index contributed by atoms with van der Waals surface area (Å²) < 4.78 is 5.75. The Kier molecular flexibility index (Phi) is 7.69. The number of nitrogens with two attached hydrogens (primary N) is 2. The van der Waals surface area contributed by atoms with Gasteiger partial charge in [0.1, 0.15) is 5.75 Å². The van der Waals surface area contributed by atoms with Crippen molar-refractivity contribution >= 4 is 28.9 Å². The van der Waals surface area contributed by atoms with E-state index in [1.54, 1.807) is 0 Å². The second-order valence-corrected chi connectivity index (χ2v) is 6.36. The van der Waals surface area contributed by atoms with Crippen LogP contribution in [0.3, 0.4) is 0 Å². The van der Waals surface area contributed by atoms with Gasteiger partial charge in [0.25, 0.3) is 0 Å². The van der Waals surface area contributed by atoms with Crippen LogP contribution in [0, 0.1) is 13.8 Å². The van der Waals surface area contributed by atoms with Crippen LogP contribution < -0.4 is 16.2 Å². The van der Waals surface area contributed by atoms with Crippen molar-refractivity contribution in [1.82, 2.24) is 5.06 Å². The second-order valence-electron chi connectivity index (χ2n) is 6.36. The van der Waals surface area contributed by atoms with Gasteiger partial charge < -0.3 is 16.2 Å². The van der Waals surface area contributed by atoms with E-state index in [4.69, 9.17) is 21.0 Å². The predicted octanol–water partition coefficient (Wildman–Crippen LogP) is 2.65. The summed E-state index contributed by atoms with van der Waals surface area (Å²) >= 11 is 0. The molecule has 0 aromatic heterocycles. The molecule has 0 bridgehead atoms. The highest BCUT2D eigenvalue weighted by Gasteiger charge is 2.32. The van der Waals surface area contributed by atoms with Crippen molar-refractivity contribution in [3.05, 3.63) is 29.3 Å². The maximum Gasteiger partial charge on any atom is 0.226 e. The van der Waals surface area contributed by atoms with Crippen LogP contribution in [0.4, 0.5) is 0 Å². The SMILES string of the molecule is Br.Cc1ccc(OCCCCON2C(N)=NC(N)=NC2(C)C)cc1C. The van der Waals surface area contributed by atoms with Crippen molar-refractivity contribution in [2.24, 2.45) is 21.5 Å². The number of benzene rings is 1. The zero-order valence-corrected chi connectivity index (χ0v) is 17.0. The lowest BCUT2D eigenvalue weighted by atomic mass is 10.1. The lowest BCUT2D eigenvalue weighted by molar-refractivity contribution is -0.157. The zero-order valence-electron chi connectivity index (χ0n) is 15.3. The van der Waals surface area contributed by atoms with Gasteiger partial charge in [-0.15, -0.1) is 17.0 Å². The molecule has 25 heavy (non-hydrogen) atoms. The molecule has 1 aromatic carbocycles. The predicted molar refractivity (Wildman–Crippen MR) is 106 cm³/mol. The Morgan fingerprint density at radius 3 is 2.40 bits per heavy atom. The number of aryl methyl sites for hydroxylation is 2. The summed E-state index contributed by atoms with van der Waals surface area (Å²) in [6, 6.07) is 6.12. The topological polar surface area (TPSA) is 98.5 Å². The largest absolute Gasteiger partial charge is 0.494 e. The first kappa shape index (κ1) is 21.2. The van der Waals surface area contributed by atoms with Gasteiger partial charge in [-0.2, -0.15) is 10.1 Å². The van der Waals surface area contributed by atoms with Crippen LogP contribution in [-0.2, 0) is 4.84 Å². The number of rotatable bonds is 7. The lowest BCUT2D eigenvalue weighted by Crippen LogP contribution is -2.53. The number of hydrogen-bond donors (Lipinski definition) is 2. The number of hydroxylamine groups is 2. The zero-order chi connectivity index (χ0) is 17.7. The maximum atomic E-state index is 5.85. The Labute approximate surface area is 159 Å². The quantitative estimate of drug-likeness (QED) is 0.669. The number of nitrogens with zero attached hydrogens (tertiary/aromatic N) is 3. The number of ether oxygens (including phenoxy) is 1. The summed E-state index contributed by atoms with van der Waals surface area (Å²) in [7, 11) is 0. The Hall–Kier alpha value is -1.80. The molecule has 0 saturated heterocycles. The molecule has 7 nitrogen and oxygen atoms in total. The van der Waals surface area contributed by atoms with Crippen LogP contribution in [0.25, 0.3) is 0 Å². The number of unbranched alkanes of at least 4 members (excludes halogenated alkanes) is 1. The highest BCUT2D eigenvalue weighted by Crippen LogP contribution is 2.20. The van der Waals surface area contributed by atoms with Crippen LogP contribution in [0.5, 0.6) is 5.75 Å². The first-order chi connectivity index (χ1) is 11.3. The minimum absolute atomic E-state index is 0. The molecule has 0 radical (unpaired) electrons. The highest BCUT2D eigenvalue weighted by molar-refractivity contribution is 8.93. The monoisotopic (exact) mass is 413 g/mol. The van der Waals surface area contributed by atoms with Gasteiger partial charge in [0.2, 0.25) is 11.9 Å². The summed E-state index contributed by atoms with van der Waals surface area (Å²) in [5.41, 5.74) is 13.3. The third-order valence-electron chi connectivity index (χ3n) is 3.83. The molecule has 0 unspecified atom stereocenters. The van der Waals surface area contributed by atoms with E-state index in [1.807, 2.05) is 19.9 Å². The normalized spacial score (nSPS) is 15.9. The van der Waals surface area contributed by atoms with E-state index in [9.17, 15) is 0 Å². The molecular weight excluding hydrogens is 386 g/mol. The number of aliphatic imine (C=N–C) groups is 2. The minimum atomic E-state index is -0.661. The average Bonchev–Trinajstić information content (AvgIpc) is 2.47. The third-order valence-corrected chi connectivity index (χ3v) is 3.83. The third kappa shape index (κ3) is 5.89. The van der Waals surface area contributed by atoms with Crippen LogP contribution in [0.2, 0.25) is 0 Å². The Morgan fingerprint density at radius 2 is 1.76 bits per heavy atom. The fourth-order valence-corrected chi connectivity index (χ4v) is 2.37. The smallest absolute Gasteiger partial charge is 0.226 e. The number of guanidine groups is 2. The van der Waals surface area contributed by atoms with E-state index >= 15 is 0 Å². The fourth-order valence-electron chi connectivity index (χ4n) is 2.37.